The summed E-state index contributed by atoms with van der Waals surface area (Å²) in [6.07, 6.45) is 1.74. The van der Waals surface area contributed by atoms with E-state index in [-0.39, 0.29) is 17.1 Å². The van der Waals surface area contributed by atoms with Crippen LogP contribution in [0.5, 0.6) is 0 Å². The lowest BCUT2D eigenvalue weighted by atomic mass is 10.1. The van der Waals surface area contributed by atoms with E-state index in [9.17, 15) is 4.39 Å². The van der Waals surface area contributed by atoms with Gasteiger partial charge in [-0.05, 0) is 38.1 Å². The first kappa shape index (κ1) is 15.2. The highest BCUT2D eigenvalue weighted by Crippen LogP contribution is 2.33. The monoisotopic (exact) mass is 312 g/mol. The predicted molar refractivity (Wildman–Crippen MR) is 80.6 cm³/mol. The SMILES string of the molecule is CC(NC(C)c1c(Cl)ccc(F)c1Cl)c1ccccn1. The van der Waals surface area contributed by atoms with Crippen LogP contribution in [0.2, 0.25) is 10.0 Å². The molecule has 0 aliphatic heterocycles. The summed E-state index contributed by atoms with van der Waals surface area (Å²) in [5.74, 6) is -0.467. The molecule has 0 spiro atoms. The van der Waals surface area contributed by atoms with Gasteiger partial charge in [0.25, 0.3) is 0 Å². The van der Waals surface area contributed by atoms with Crippen LogP contribution in [0.25, 0.3) is 0 Å². The van der Waals surface area contributed by atoms with E-state index in [1.807, 2.05) is 32.0 Å². The first-order valence-corrected chi connectivity index (χ1v) is 7.06. The Bertz CT molecular complexity index is 590. The number of hydrogen-bond acceptors (Lipinski definition) is 2. The zero-order chi connectivity index (χ0) is 14.7. The van der Waals surface area contributed by atoms with Crippen LogP contribution < -0.4 is 5.32 Å². The lowest BCUT2D eigenvalue weighted by Gasteiger charge is -2.22. The second-order valence-electron chi connectivity index (χ2n) is 4.62. The van der Waals surface area contributed by atoms with Crippen molar-refractivity contribution in [2.45, 2.75) is 25.9 Å². The van der Waals surface area contributed by atoms with E-state index in [1.54, 1.807) is 6.20 Å². The quantitative estimate of drug-likeness (QED) is 0.809. The van der Waals surface area contributed by atoms with Crippen molar-refractivity contribution in [1.82, 2.24) is 10.3 Å². The first-order valence-electron chi connectivity index (χ1n) is 6.31. The highest BCUT2D eigenvalue weighted by atomic mass is 35.5. The van der Waals surface area contributed by atoms with Crippen LogP contribution in [-0.2, 0) is 0 Å². The zero-order valence-electron chi connectivity index (χ0n) is 11.2. The van der Waals surface area contributed by atoms with E-state index < -0.39 is 5.82 Å². The van der Waals surface area contributed by atoms with E-state index in [1.165, 1.54) is 12.1 Å². The molecule has 106 valence electrons. The highest BCUT2D eigenvalue weighted by Gasteiger charge is 2.19. The van der Waals surface area contributed by atoms with Gasteiger partial charge in [-0.3, -0.25) is 4.98 Å². The number of benzene rings is 1. The van der Waals surface area contributed by atoms with Gasteiger partial charge in [-0.25, -0.2) is 4.39 Å². The minimum absolute atomic E-state index is 0.00148. The Hall–Kier alpha value is -1.16. The molecule has 0 saturated heterocycles. The summed E-state index contributed by atoms with van der Waals surface area (Å²) < 4.78 is 13.5. The number of hydrogen-bond donors (Lipinski definition) is 1. The number of nitrogens with one attached hydrogen (secondary N) is 1. The van der Waals surface area contributed by atoms with Gasteiger partial charge in [0.15, 0.2) is 0 Å². The van der Waals surface area contributed by atoms with Crippen molar-refractivity contribution < 1.29 is 4.39 Å². The molecule has 1 aromatic carbocycles. The number of nitrogens with zero attached hydrogens (tertiary/aromatic N) is 1. The topological polar surface area (TPSA) is 24.9 Å². The van der Waals surface area contributed by atoms with Gasteiger partial charge in [0.05, 0.1) is 10.7 Å². The van der Waals surface area contributed by atoms with E-state index in [0.29, 0.717) is 10.6 Å². The van der Waals surface area contributed by atoms with Crippen LogP contribution >= 0.6 is 23.2 Å². The van der Waals surface area contributed by atoms with Crippen LogP contribution in [-0.4, -0.2) is 4.98 Å². The molecule has 2 nitrogen and oxygen atoms in total. The van der Waals surface area contributed by atoms with E-state index in [0.717, 1.165) is 5.69 Å². The Morgan fingerprint density at radius 1 is 1.10 bits per heavy atom. The molecule has 5 heteroatoms. The summed E-state index contributed by atoms with van der Waals surface area (Å²) in [7, 11) is 0. The van der Waals surface area contributed by atoms with Crippen molar-refractivity contribution in [3.05, 3.63) is 63.6 Å². The lowest BCUT2D eigenvalue weighted by Crippen LogP contribution is -2.23. The van der Waals surface area contributed by atoms with Crippen molar-refractivity contribution in [3.8, 4) is 0 Å². The summed E-state index contributed by atoms with van der Waals surface area (Å²) in [6, 6.07) is 8.31. The molecule has 2 rings (SSSR count). The minimum Gasteiger partial charge on any atom is -0.302 e. The Morgan fingerprint density at radius 3 is 2.50 bits per heavy atom. The number of aromatic nitrogens is 1. The van der Waals surface area contributed by atoms with Gasteiger partial charge in [0.2, 0.25) is 0 Å². The minimum atomic E-state index is -0.467. The van der Waals surface area contributed by atoms with Gasteiger partial charge in [-0.1, -0.05) is 29.3 Å². The maximum Gasteiger partial charge on any atom is 0.142 e. The fourth-order valence-electron chi connectivity index (χ4n) is 2.12. The lowest BCUT2D eigenvalue weighted by molar-refractivity contribution is 0.484. The largest absolute Gasteiger partial charge is 0.302 e. The molecule has 0 aliphatic rings. The molecular formula is C15H15Cl2FN2. The summed E-state index contributed by atoms with van der Waals surface area (Å²) in [4.78, 5) is 4.29. The Balaban J connectivity index is 2.21. The van der Waals surface area contributed by atoms with Crippen molar-refractivity contribution in [1.29, 1.82) is 0 Å². The number of pyridine rings is 1. The summed E-state index contributed by atoms with van der Waals surface area (Å²) in [5, 5.41) is 3.83. The third-order valence-corrected chi connectivity index (χ3v) is 3.86. The normalized spacial score (nSPS) is 14.1. The Labute approximate surface area is 127 Å². The maximum atomic E-state index is 13.5. The molecule has 0 radical (unpaired) electrons. The molecule has 2 unspecified atom stereocenters. The van der Waals surface area contributed by atoms with E-state index in [2.05, 4.69) is 10.3 Å². The molecule has 1 aromatic heterocycles. The second kappa shape index (κ2) is 6.53. The molecule has 0 saturated carbocycles. The molecule has 0 amide bonds. The van der Waals surface area contributed by atoms with Crippen LogP contribution in [0, 0.1) is 5.82 Å². The molecular weight excluding hydrogens is 298 g/mol. The Morgan fingerprint density at radius 2 is 1.85 bits per heavy atom. The second-order valence-corrected chi connectivity index (χ2v) is 5.41. The molecule has 1 heterocycles. The molecule has 2 aromatic rings. The Kier molecular flexibility index (Phi) is 4.97. The van der Waals surface area contributed by atoms with Gasteiger partial charge in [0, 0.05) is 28.9 Å². The fraction of sp³-hybridized carbons (Fsp3) is 0.267. The van der Waals surface area contributed by atoms with Gasteiger partial charge in [-0.15, -0.1) is 0 Å². The average molecular weight is 313 g/mol. The van der Waals surface area contributed by atoms with Gasteiger partial charge in [-0.2, -0.15) is 0 Å². The molecule has 0 aliphatic carbocycles. The standard InChI is InChI=1S/C15H15Cl2FN2/c1-9(13-5-3-4-8-19-13)20-10(2)14-11(16)6-7-12(18)15(14)17/h3-10,20H,1-2H3. The summed E-state index contributed by atoms with van der Waals surface area (Å²) >= 11 is 12.1. The number of halogens is 3. The van der Waals surface area contributed by atoms with E-state index >= 15 is 0 Å². The molecule has 0 fully saturated rings. The average Bonchev–Trinajstić information content (AvgIpc) is 2.44. The third-order valence-electron chi connectivity index (χ3n) is 3.14. The van der Waals surface area contributed by atoms with E-state index in [4.69, 9.17) is 23.2 Å². The molecule has 20 heavy (non-hydrogen) atoms. The van der Waals surface area contributed by atoms with Gasteiger partial charge >= 0.3 is 0 Å². The van der Waals surface area contributed by atoms with Gasteiger partial charge in [0.1, 0.15) is 5.82 Å². The molecule has 0 bridgehead atoms. The van der Waals surface area contributed by atoms with Crippen LogP contribution in [0.1, 0.15) is 37.2 Å². The maximum absolute atomic E-state index is 13.5. The molecule has 1 N–H and O–H groups in total. The number of rotatable bonds is 4. The summed E-state index contributed by atoms with van der Waals surface area (Å²) in [5.41, 5.74) is 1.47. The summed E-state index contributed by atoms with van der Waals surface area (Å²) in [6.45, 7) is 3.88. The molecule has 2 atom stereocenters. The van der Waals surface area contributed by atoms with Crippen molar-refractivity contribution in [3.63, 3.8) is 0 Å². The van der Waals surface area contributed by atoms with Crippen molar-refractivity contribution >= 4 is 23.2 Å². The highest BCUT2D eigenvalue weighted by molar-refractivity contribution is 6.36. The van der Waals surface area contributed by atoms with Gasteiger partial charge < -0.3 is 5.32 Å². The fourth-order valence-corrected chi connectivity index (χ4v) is 2.81. The first-order chi connectivity index (χ1) is 9.50. The van der Waals surface area contributed by atoms with Crippen LogP contribution in [0.3, 0.4) is 0 Å². The smallest absolute Gasteiger partial charge is 0.142 e. The van der Waals surface area contributed by atoms with Crippen molar-refractivity contribution in [2.75, 3.05) is 0 Å². The zero-order valence-corrected chi connectivity index (χ0v) is 12.7. The predicted octanol–water partition coefficient (Wildman–Crippen LogP) is 4.94. The van der Waals surface area contributed by atoms with Crippen LogP contribution in [0.4, 0.5) is 4.39 Å². The third kappa shape index (κ3) is 3.29. The van der Waals surface area contributed by atoms with Crippen LogP contribution in [0.15, 0.2) is 36.5 Å². The van der Waals surface area contributed by atoms with Crippen molar-refractivity contribution in [2.24, 2.45) is 0 Å².